The third kappa shape index (κ3) is 3.52. The number of carbonyl (C=O) groups excluding carboxylic acids is 1. The van der Waals surface area contributed by atoms with Crippen molar-refractivity contribution in [3.05, 3.63) is 0 Å². The molecule has 4 heteroatoms. The maximum atomic E-state index is 11.5. The molecule has 0 bridgehead atoms. The van der Waals surface area contributed by atoms with E-state index in [0.717, 1.165) is 19.5 Å². The van der Waals surface area contributed by atoms with Gasteiger partial charge in [0.05, 0.1) is 6.07 Å². The molecule has 0 radical (unpaired) electrons. The van der Waals surface area contributed by atoms with Gasteiger partial charge >= 0.3 is 0 Å². The maximum Gasteiger partial charge on any atom is 0.237 e. The quantitative estimate of drug-likeness (QED) is 0.738. The van der Waals surface area contributed by atoms with Crippen LogP contribution in [0.2, 0.25) is 0 Å². The minimum Gasteiger partial charge on any atom is -0.355 e. The summed E-state index contributed by atoms with van der Waals surface area (Å²) in [7, 11) is 2.09. The fourth-order valence-corrected chi connectivity index (χ4v) is 1.90. The first-order chi connectivity index (χ1) is 7.17. The van der Waals surface area contributed by atoms with Crippen molar-refractivity contribution < 1.29 is 4.79 Å². The van der Waals surface area contributed by atoms with Crippen LogP contribution in [0, 0.1) is 23.2 Å². The standard InChI is InChI=1S/C11H19N3O/c1-3-10(6-12)11(15)13-7-9-4-5-14(2)8-9/h9-10H,3-5,7-8H2,1-2H3,(H,13,15). The molecule has 0 aromatic carbocycles. The van der Waals surface area contributed by atoms with E-state index in [1.165, 1.54) is 0 Å². The number of rotatable bonds is 4. The fourth-order valence-electron chi connectivity index (χ4n) is 1.90. The van der Waals surface area contributed by atoms with E-state index in [9.17, 15) is 4.79 Å². The molecule has 0 aromatic heterocycles. The summed E-state index contributed by atoms with van der Waals surface area (Å²) in [5, 5.41) is 11.6. The lowest BCUT2D eigenvalue weighted by molar-refractivity contribution is -0.123. The lowest BCUT2D eigenvalue weighted by atomic mass is 10.1. The van der Waals surface area contributed by atoms with Gasteiger partial charge in [-0.15, -0.1) is 0 Å². The summed E-state index contributed by atoms with van der Waals surface area (Å²) in [5.41, 5.74) is 0. The zero-order valence-electron chi connectivity index (χ0n) is 9.49. The first-order valence-electron chi connectivity index (χ1n) is 5.53. The summed E-state index contributed by atoms with van der Waals surface area (Å²) in [4.78, 5) is 13.8. The van der Waals surface area contributed by atoms with Crippen molar-refractivity contribution >= 4 is 5.91 Å². The van der Waals surface area contributed by atoms with Gasteiger partial charge in [-0.1, -0.05) is 6.92 Å². The van der Waals surface area contributed by atoms with E-state index in [1.807, 2.05) is 13.0 Å². The molecule has 0 aromatic rings. The Bertz CT molecular complexity index is 259. The molecule has 1 N–H and O–H groups in total. The second-order valence-corrected chi connectivity index (χ2v) is 4.25. The van der Waals surface area contributed by atoms with Crippen molar-refractivity contribution in [3.63, 3.8) is 0 Å². The zero-order chi connectivity index (χ0) is 11.3. The molecule has 0 aliphatic carbocycles. The number of nitrogens with zero attached hydrogens (tertiary/aromatic N) is 2. The topological polar surface area (TPSA) is 56.1 Å². The molecule has 0 spiro atoms. The molecule has 0 saturated carbocycles. The Labute approximate surface area is 91.2 Å². The van der Waals surface area contributed by atoms with E-state index in [4.69, 9.17) is 5.26 Å². The number of carbonyl (C=O) groups is 1. The molecule has 1 heterocycles. The molecular weight excluding hydrogens is 190 g/mol. The van der Waals surface area contributed by atoms with Gasteiger partial charge in [0.2, 0.25) is 5.91 Å². The SMILES string of the molecule is CCC(C#N)C(=O)NCC1CCN(C)C1. The molecule has 15 heavy (non-hydrogen) atoms. The molecule has 1 aliphatic rings. The van der Waals surface area contributed by atoms with Gasteiger partial charge in [0.15, 0.2) is 0 Å². The van der Waals surface area contributed by atoms with Gasteiger partial charge in [-0.3, -0.25) is 4.79 Å². The van der Waals surface area contributed by atoms with E-state index in [0.29, 0.717) is 18.9 Å². The first kappa shape index (κ1) is 12.0. The Kier molecular flexibility index (Phi) is 4.57. The van der Waals surface area contributed by atoms with E-state index >= 15 is 0 Å². The van der Waals surface area contributed by atoms with Crippen LogP contribution in [0.1, 0.15) is 19.8 Å². The number of amides is 1. The second kappa shape index (κ2) is 5.72. The Morgan fingerprint density at radius 2 is 2.47 bits per heavy atom. The molecule has 1 fully saturated rings. The van der Waals surface area contributed by atoms with Gasteiger partial charge in [0.25, 0.3) is 0 Å². The number of hydrogen-bond donors (Lipinski definition) is 1. The second-order valence-electron chi connectivity index (χ2n) is 4.25. The highest BCUT2D eigenvalue weighted by Gasteiger charge is 2.21. The minimum atomic E-state index is -0.482. The van der Waals surface area contributed by atoms with Crippen LogP contribution in [0.15, 0.2) is 0 Å². The molecule has 84 valence electrons. The summed E-state index contributed by atoms with van der Waals surface area (Å²) in [6.45, 7) is 4.72. The predicted octanol–water partition coefficient (Wildman–Crippen LogP) is 0.604. The van der Waals surface area contributed by atoms with Crippen molar-refractivity contribution in [1.82, 2.24) is 10.2 Å². The molecule has 2 unspecified atom stereocenters. The van der Waals surface area contributed by atoms with Crippen LogP contribution >= 0.6 is 0 Å². The summed E-state index contributed by atoms with van der Waals surface area (Å²) in [5.74, 6) is -0.0474. The van der Waals surface area contributed by atoms with Gasteiger partial charge in [-0.05, 0) is 32.4 Å². The summed E-state index contributed by atoms with van der Waals surface area (Å²) < 4.78 is 0. The predicted molar refractivity (Wildman–Crippen MR) is 58.0 cm³/mol. The Morgan fingerprint density at radius 1 is 1.73 bits per heavy atom. The van der Waals surface area contributed by atoms with Gasteiger partial charge < -0.3 is 10.2 Å². The molecule has 1 aliphatic heterocycles. The lowest BCUT2D eigenvalue weighted by Gasteiger charge is -2.13. The zero-order valence-corrected chi connectivity index (χ0v) is 9.49. The summed E-state index contributed by atoms with van der Waals surface area (Å²) in [6.07, 6.45) is 1.73. The van der Waals surface area contributed by atoms with Gasteiger partial charge in [0.1, 0.15) is 5.92 Å². The summed E-state index contributed by atoms with van der Waals surface area (Å²) in [6, 6.07) is 2.01. The average molecular weight is 209 g/mol. The number of nitriles is 1. The Morgan fingerprint density at radius 3 is 2.93 bits per heavy atom. The van der Waals surface area contributed by atoms with Crippen molar-refractivity contribution in [1.29, 1.82) is 5.26 Å². The maximum absolute atomic E-state index is 11.5. The van der Waals surface area contributed by atoms with Gasteiger partial charge in [-0.2, -0.15) is 5.26 Å². The Hall–Kier alpha value is -1.08. The first-order valence-corrected chi connectivity index (χ1v) is 5.53. The largest absolute Gasteiger partial charge is 0.355 e. The fraction of sp³-hybridized carbons (Fsp3) is 0.818. The number of hydrogen-bond acceptors (Lipinski definition) is 3. The number of nitrogens with one attached hydrogen (secondary N) is 1. The molecule has 1 saturated heterocycles. The Balaban J connectivity index is 2.25. The minimum absolute atomic E-state index is 0.116. The van der Waals surface area contributed by atoms with Crippen LogP contribution in [0.25, 0.3) is 0 Å². The summed E-state index contributed by atoms with van der Waals surface area (Å²) >= 11 is 0. The van der Waals surface area contributed by atoms with Crippen molar-refractivity contribution in [2.24, 2.45) is 11.8 Å². The van der Waals surface area contributed by atoms with Crippen LogP contribution in [-0.2, 0) is 4.79 Å². The molecule has 2 atom stereocenters. The monoisotopic (exact) mass is 209 g/mol. The van der Waals surface area contributed by atoms with Crippen LogP contribution in [-0.4, -0.2) is 37.5 Å². The smallest absolute Gasteiger partial charge is 0.237 e. The van der Waals surface area contributed by atoms with Crippen LogP contribution in [0.5, 0.6) is 0 Å². The van der Waals surface area contributed by atoms with Crippen LogP contribution in [0.4, 0.5) is 0 Å². The molecule has 1 amide bonds. The van der Waals surface area contributed by atoms with Crippen molar-refractivity contribution in [2.45, 2.75) is 19.8 Å². The highest BCUT2D eigenvalue weighted by molar-refractivity contribution is 5.80. The lowest BCUT2D eigenvalue weighted by Crippen LogP contribution is -2.34. The van der Waals surface area contributed by atoms with Gasteiger partial charge in [-0.25, -0.2) is 0 Å². The third-order valence-electron chi connectivity index (χ3n) is 2.93. The van der Waals surface area contributed by atoms with E-state index in [1.54, 1.807) is 0 Å². The van der Waals surface area contributed by atoms with Crippen LogP contribution < -0.4 is 5.32 Å². The van der Waals surface area contributed by atoms with Crippen molar-refractivity contribution in [3.8, 4) is 6.07 Å². The highest BCUT2D eigenvalue weighted by atomic mass is 16.1. The van der Waals surface area contributed by atoms with E-state index in [-0.39, 0.29) is 5.91 Å². The van der Waals surface area contributed by atoms with E-state index < -0.39 is 5.92 Å². The van der Waals surface area contributed by atoms with Crippen LogP contribution in [0.3, 0.4) is 0 Å². The van der Waals surface area contributed by atoms with Gasteiger partial charge in [0, 0.05) is 13.1 Å². The highest BCUT2D eigenvalue weighted by Crippen LogP contribution is 2.13. The molecular formula is C11H19N3O. The third-order valence-corrected chi connectivity index (χ3v) is 2.93. The van der Waals surface area contributed by atoms with E-state index in [2.05, 4.69) is 17.3 Å². The normalized spacial score (nSPS) is 23.4. The number of likely N-dealkylation sites (tertiary alicyclic amines) is 1. The van der Waals surface area contributed by atoms with Crippen molar-refractivity contribution in [2.75, 3.05) is 26.7 Å². The molecule has 1 rings (SSSR count). The average Bonchev–Trinajstić information content (AvgIpc) is 2.63. The molecule has 4 nitrogen and oxygen atoms in total.